The number of rotatable bonds is 5. The summed E-state index contributed by atoms with van der Waals surface area (Å²) in [7, 11) is 1.85. The molecule has 0 saturated heterocycles. The number of imidazole rings is 1. The molecule has 1 atom stereocenters. The molecule has 3 aromatic rings. The molecule has 23 heavy (non-hydrogen) atoms. The van der Waals surface area contributed by atoms with Gasteiger partial charge in [0.25, 0.3) is 0 Å². The van der Waals surface area contributed by atoms with Gasteiger partial charge < -0.3 is 9.47 Å². The number of nitrogens with zero attached hydrogens (tertiary/aromatic N) is 4. The van der Waals surface area contributed by atoms with E-state index in [1.165, 1.54) is 4.88 Å². The Hall–Kier alpha value is -2.21. The van der Waals surface area contributed by atoms with E-state index in [9.17, 15) is 4.79 Å². The van der Waals surface area contributed by atoms with Crippen LogP contribution in [0.25, 0.3) is 11.0 Å². The molecule has 0 radical (unpaired) electrons. The molecule has 2 heterocycles. The number of aromatic nitrogens is 3. The van der Waals surface area contributed by atoms with Gasteiger partial charge in [0.1, 0.15) is 6.04 Å². The Morgan fingerprint density at radius 1 is 1.35 bits per heavy atom. The smallest absolute Gasteiger partial charge is 0.245 e. The highest BCUT2D eigenvalue weighted by Gasteiger charge is 2.20. The second kappa shape index (κ2) is 6.50. The molecule has 0 fully saturated rings. The van der Waals surface area contributed by atoms with Crippen molar-refractivity contribution in [2.75, 3.05) is 13.6 Å². The van der Waals surface area contributed by atoms with E-state index in [4.69, 9.17) is 0 Å². The van der Waals surface area contributed by atoms with E-state index >= 15 is 0 Å². The van der Waals surface area contributed by atoms with Crippen molar-refractivity contribution in [1.82, 2.24) is 19.4 Å². The van der Waals surface area contributed by atoms with Crippen molar-refractivity contribution in [3.05, 3.63) is 46.7 Å². The molecule has 0 aliphatic rings. The molecular formula is C17H20N4OS. The summed E-state index contributed by atoms with van der Waals surface area (Å²) in [5.74, 6) is 0.0847. The number of hydrogen-bond acceptors (Lipinski definition) is 4. The molecule has 0 saturated carbocycles. The average molecular weight is 328 g/mol. The number of carbonyl (C=O) groups excluding carboxylic acids is 1. The van der Waals surface area contributed by atoms with Gasteiger partial charge in [-0.05, 0) is 26.0 Å². The molecule has 1 amide bonds. The number of likely N-dealkylation sites (N-methyl/N-ethyl adjacent to an activating group) is 1. The number of benzene rings is 1. The summed E-state index contributed by atoms with van der Waals surface area (Å²) in [6, 6.07) is 7.59. The van der Waals surface area contributed by atoms with E-state index in [0.717, 1.165) is 22.5 Å². The molecule has 0 bridgehead atoms. The molecule has 0 spiro atoms. The fraction of sp³-hybridized carbons (Fsp3) is 0.353. The van der Waals surface area contributed by atoms with Crippen LogP contribution >= 0.6 is 11.3 Å². The van der Waals surface area contributed by atoms with Gasteiger partial charge in [0, 0.05) is 31.1 Å². The van der Waals surface area contributed by atoms with E-state index < -0.39 is 0 Å². The van der Waals surface area contributed by atoms with Gasteiger partial charge in [-0.25, -0.2) is 9.97 Å². The van der Waals surface area contributed by atoms with Crippen LogP contribution in [0.2, 0.25) is 0 Å². The first-order valence-corrected chi connectivity index (χ1v) is 8.46. The van der Waals surface area contributed by atoms with Crippen LogP contribution in [0.15, 0.2) is 36.8 Å². The Balaban J connectivity index is 1.69. The zero-order chi connectivity index (χ0) is 16.4. The molecule has 5 nitrogen and oxygen atoms in total. The topological polar surface area (TPSA) is 51.0 Å². The molecule has 0 aliphatic carbocycles. The normalized spacial score (nSPS) is 12.5. The van der Waals surface area contributed by atoms with Crippen molar-refractivity contribution in [3.8, 4) is 0 Å². The lowest BCUT2D eigenvalue weighted by atomic mass is 10.2. The number of amides is 1. The third-order valence-electron chi connectivity index (χ3n) is 3.96. The van der Waals surface area contributed by atoms with E-state index in [1.54, 1.807) is 22.6 Å². The van der Waals surface area contributed by atoms with Crippen LogP contribution in [0, 0.1) is 6.92 Å². The van der Waals surface area contributed by atoms with Crippen LogP contribution in [0.1, 0.15) is 22.9 Å². The van der Waals surface area contributed by atoms with Crippen LogP contribution in [0.4, 0.5) is 0 Å². The van der Waals surface area contributed by atoms with Gasteiger partial charge in [0.2, 0.25) is 5.91 Å². The summed E-state index contributed by atoms with van der Waals surface area (Å²) < 4.78 is 1.93. The number of para-hydroxylation sites is 2. The van der Waals surface area contributed by atoms with Gasteiger partial charge in [-0.1, -0.05) is 12.1 Å². The SMILES string of the molecule is Cc1cnc(CCN(C)C(=O)[C@H](C)n2cnc3ccccc32)s1. The summed E-state index contributed by atoms with van der Waals surface area (Å²) in [5, 5.41) is 1.07. The highest BCUT2D eigenvalue weighted by Crippen LogP contribution is 2.19. The van der Waals surface area contributed by atoms with Crippen LogP contribution in [-0.4, -0.2) is 38.9 Å². The maximum absolute atomic E-state index is 12.7. The first-order chi connectivity index (χ1) is 11.1. The molecule has 0 N–H and O–H groups in total. The van der Waals surface area contributed by atoms with Crippen molar-refractivity contribution < 1.29 is 4.79 Å². The quantitative estimate of drug-likeness (QED) is 0.723. The minimum absolute atomic E-state index is 0.0847. The van der Waals surface area contributed by atoms with Crippen LogP contribution in [-0.2, 0) is 11.2 Å². The second-order valence-corrected chi connectivity index (χ2v) is 7.01. The third kappa shape index (κ3) is 3.27. The predicted molar refractivity (Wildman–Crippen MR) is 92.6 cm³/mol. The molecule has 6 heteroatoms. The Bertz CT molecular complexity index is 823. The van der Waals surface area contributed by atoms with Crippen molar-refractivity contribution in [2.24, 2.45) is 0 Å². The number of hydrogen-bond donors (Lipinski definition) is 0. The van der Waals surface area contributed by atoms with Gasteiger partial charge in [0.05, 0.1) is 22.4 Å². The fourth-order valence-corrected chi connectivity index (χ4v) is 3.39. The van der Waals surface area contributed by atoms with Gasteiger partial charge in [-0.3, -0.25) is 4.79 Å². The average Bonchev–Trinajstić information content (AvgIpc) is 3.17. The monoisotopic (exact) mass is 328 g/mol. The second-order valence-electron chi connectivity index (χ2n) is 5.69. The Labute approximate surface area is 139 Å². The maximum Gasteiger partial charge on any atom is 0.245 e. The molecule has 2 aromatic heterocycles. The molecule has 0 aliphatic heterocycles. The minimum atomic E-state index is -0.273. The van der Waals surface area contributed by atoms with Crippen LogP contribution in [0.5, 0.6) is 0 Å². The van der Waals surface area contributed by atoms with Gasteiger partial charge in [-0.2, -0.15) is 0 Å². The van der Waals surface area contributed by atoms with Crippen molar-refractivity contribution in [2.45, 2.75) is 26.3 Å². The summed E-state index contributed by atoms with van der Waals surface area (Å²) in [6.07, 6.45) is 4.41. The standard InChI is InChI=1S/C17H20N4OS/c1-12-10-18-16(23-12)8-9-20(3)17(22)13(2)21-11-19-14-6-4-5-7-15(14)21/h4-7,10-11,13H,8-9H2,1-3H3/t13-/m0/s1. The Morgan fingerprint density at radius 2 is 2.13 bits per heavy atom. The fourth-order valence-electron chi connectivity index (χ4n) is 2.62. The molecular weight excluding hydrogens is 308 g/mol. The zero-order valence-corrected chi connectivity index (χ0v) is 14.4. The van der Waals surface area contributed by atoms with Crippen LogP contribution in [0.3, 0.4) is 0 Å². The number of fused-ring (bicyclic) bond motifs is 1. The summed E-state index contributed by atoms with van der Waals surface area (Å²) in [5.41, 5.74) is 1.89. The number of carbonyl (C=O) groups is 1. The molecule has 3 rings (SSSR count). The molecule has 1 aromatic carbocycles. The Morgan fingerprint density at radius 3 is 2.87 bits per heavy atom. The lowest BCUT2D eigenvalue weighted by molar-refractivity contribution is -0.132. The minimum Gasteiger partial charge on any atom is -0.344 e. The summed E-state index contributed by atoms with van der Waals surface area (Å²) in [4.78, 5) is 24.4. The van der Waals surface area contributed by atoms with E-state index in [2.05, 4.69) is 9.97 Å². The number of thiazole rings is 1. The summed E-state index contributed by atoms with van der Waals surface area (Å²) in [6.45, 7) is 4.63. The highest BCUT2D eigenvalue weighted by atomic mass is 32.1. The van der Waals surface area contributed by atoms with Crippen molar-refractivity contribution in [3.63, 3.8) is 0 Å². The lowest BCUT2D eigenvalue weighted by Crippen LogP contribution is -2.34. The highest BCUT2D eigenvalue weighted by molar-refractivity contribution is 7.11. The van der Waals surface area contributed by atoms with E-state index in [1.807, 2.05) is 55.9 Å². The largest absolute Gasteiger partial charge is 0.344 e. The first-order valence-electron chi connectivity index (χ1n) is 7.64. The first kappa shape index (κ1) is 15.7. The van der Waals surface area contributed by atoms with Crippen molar-refractivity contribution in [1.29, 1.82) is 0 Å². The van der Waals surface area contributed by atoms with E-state index in [-0.39, 0.29) is 11.9 Å². The van der Waals surface area contributed by atoms with Gasteiger partial charge >= 0.3 is 0 Å². The van der Waals surface area contributed by atoms with Crippen LogP contribution < -0.4 is 0 Å². The lowest BCUT2D eigenvalue weighted by Gasteiger charge is -2.22. The predicted octanol–water partition coefficient (Wildman–Crippen LogP) is 3.06. The van der Waals surface area contributed by atoms with Gasteiger partial charge in [0.15, 0.2) is 0 Å². The molecule has 120 valence electrons. The Kier molecular flexibility index (Phi) is 4.43. The van der Waals surface area contributed by atoms with Crippen molar-refractivity contribution >= 4 is 28.3 Å². The zero-order valence-electron chi connectivity index (χ0n) is 13.6. The summed E-state index contributed by atoms with van der Waals surface area (Å²) >= 11 is 1.69. The number of aryl methyl sites for hydroxylation is 1. The maximum atomic E-state index is 12.7. The van der Waals surface area contributed by atoms with Gasteiger partial charge in [-0.15, -0.1) is 11.3 Å². The molecule has 0 unspecified atom stereocenters. The van der Waals surface area contributed by atoms with E-state index in [0.29, 0.717) is 6.54 Å². The third-order valence-corrected chi connectivity index (χ3v) is 4.93.